The van der Waals surface area contributed by atoms with E-state index in [1.165, 1.54) is 6.07 Å². The number of fused-ring (bicyclic) bond motifs is 1. The molecule has 0 unspecified atom stereocenters. The van der Waals surface area contributed by atoms with Crippen molar-refractivity contribution in [2.75, 3.05) is 11.9 Å². The van der Waals surface area contributed by atoms with Gasteiger partial charge in [-0.3, -0.25) is 14.2 Å². The molecule has 0 bridgehead atoms. The number of alkyl halides is 7. The molecule has 3 aromatic heterocycles. The number of aryl methyl sites for hydroxylation is 1. The second-order valence-corrected chi connectivity index (χ2v) is 8.77. The molecule has 4 rings (SSSR count). The maximum absolute atomic E-state index is 14.9. The molecular formula is C24H19F8N7O4. The lowest BCUT2D eigenvalue weighted by atomic mass is 10.1. The van der Waals surface area contributed by atoms with E-state index in [9.17, 15) is 44.7 Å². The molecule has 3 heterocycles. The highest BCUT2D eigenvalue weighted by Gasteiger charge is 2.37. The molecule has 0 saturated heterocycles. The molecule has 0 aliphatic rings. The Kier molecular flexibility index (Phi) is 9.52. The minimum absolute atomic E-state index is 0.0263. The van der Waals surface area contributed by atoms with Crippen molar-refractivity contribution in [3.05, 3.63) is 69.1 Å². The van der Waals surface area contributed by atoms with Gasteiger partial charge in [0, 0.05) is 18.2 Å². The van der Waals surface area contributed by atoms with Crippen molar-refractivity contribution in [1.29, 1.82) is 0 Å². The third-order valence-electron chi connectivity index (χ3n) is 5.90. The lowest BCUT2D eigenvalue weighted by molar-refractivity contribution is -0.138. The molecule has 0 radical (unpaired) electrons. The molecule has 0 saturated carbocycles. The normalized spacial score (nSPS) is 12.7. The van der Waals surface area contributed by atoms with Gasteiger partial charge in [-0.05, 0) is 25.0 Å². The lowest BCUT2D eigenvalue weighted by Gasteiger charge is -2.22. The number of halogens is 8. The molecule has 0 aliphatic heterocycles. The van der Waals surface area contributed by atoms with E-state index < -0.39 is 66.1 Å². The van der Waals surface area contributed by atoms with E-state index in [0.29, 0.717) is 6.20 Å². The molecule has 11 nitrogen and oxygen atoms in total. The van der Waals surface area contributed by atoms with Gasteiger partial charge >= 0.3 is 19.4 Å². The Morgan fingerprint density at radius 2 is 1.77 bits per heavy atom. The van der Waals surface area contributed by atoms with Crippen molar-refractivity contribution < 1.29 is 44.6 Å². The maximum atomic E-state index is 14.9. The molecule has 19 heteroatoms. The van der Waals surface area contributed by atoms with Gasteiger partial charge in [0.15, 0.2) is 0 Å². The summed E-state index contributed by atoms with van der Waals surface area (Å²) in [6, 6.07) is 0.923. The Balaban J connectivity index is 1.51. The Hall–Kier alpha value is -4.68. The topological polar surface area (TPSA) is 137 Å². The highest BCUT2D eigenvalue weighted by Crippen LogP contribution is 2.32. The molecule has 0 fully saturated rings. The van der Waals surface area contributed by atoms with Crippen molar-refractivity contribution in [3.63, 3.8) is 0 Å². The molecule has 2 N–H and O–H groups in total. The molecule has 230 valence electrons. The standard InChI is InChI=1S/C24H19F8N7O4/c25-14-4-13-15(5-12(14)16-6-34-18(8-33-16)43-23(28)29)35-10-39(21(13)41)3-1-2-11(9-42-22(26)27)37-17-7-36-38-20(40)19(17)24(30,31)32/h4-8,10-11,22-23H,1-3,9H2,(H2,37,38,40)/t11-/m1/s1. The van der Waals surface area contributed by atoms with Crippen LogP contribution in [0.4, 0.5) is 40.8 Å². The van der Waals surface area contributed by atoms with Crippen LogP contribution >= 0.6 is 0 Å². The van der Waals surface area contributed by atoms with Crippen molar-refractivity contribution in [2.24, 2.45) is 0 Å². The first-order valence-electron chi connectivity index (χ1n) is 12.1. The number of anilines is 1. The Bertz CT molecular complexity index is 1680. The van der Waals surface area contributed by atoms with Crippen LogP contribution in [0.1, 0.15) is 18.4 Å². The number of aromatic nitrogens is 6. The van der Waals surface area contributed by atoms with Gasteiger partial charge in [0.25, 0.3) is 11.1 Å². The predicted molar refractivity (Wildman–Crippen MR) is 132 cm³/mol. The molecule has 43 heavy (non-hydrogen) atoms. The fraction of sp³-hybridized carbons (Fsp3) is 0.333. The zero-order valence-corrected chi connectivity index (χ0v) is 21.4. The summed E-state index contributed by atoms with van der Waals surface area (Å²) in [6.45, 7) is -7.22. The third kappa shape index (κ3) is 7.79. The van der Waals surface area contributed by atoms with E-state index >= 15 is 0 Å². The van der Waals surface area contributed by atoms with E-state index in [1.807, 2.05) is 0 Å². The van der Waals surface area contributed by atoms with Crippen LogP contribution in [-0.4, -0.2) is 55.6 Å². The first-order chi connectivity index (χ1) is 20.3. The monoisotopic (exact) mass is 621 g/mol. The average molecular weight is 621 g/mol. The van der Waals surface area contributed by atoms with Crippen molar-refractivity contribution in [3.8, 4) is 17.1 Å². The fourth-order valence-corrected chi connectivity index (χ4v) is 4.05. The highest BCUT2D eigenvalue weighted by atomic mass is 19.4. The quantitative estimate of drug-likeness (QED) is 0.223. The first-order valence-corrected chi connectivity index (χ1v) is 12.1. The SMILES string of the molecule is O=c1[nH]ncc(N[C@H](CCCn2cnc3cc(-c4cnc(OC(F)F)cn4)c(F)cc3c2=O)COC(F)F)c1C(F)(F)F. The summed E-state index contributed by atoms with van der Waals surface area (Å²) in [7, 11) is 0. The zero-order chi connectivity index (χ0) is 31.3. The van der Waals surface area contributed by atoms with E-state index in [2.05, 4.69) is 34.8 Å². The van der Waals surface area contributed by atoms with Crippen LogP contribution in [0.5, 0.6) is 5.88 Å². The van der Waals surface area contributed by atoms with Gasteiger partial charge in [0.2, 0.25) is 5.88 Å². The van der Waals surface area contributed by atoms with E-state index in [-0.39, 0.29) is 41.5 Å². The molecule has 0 spiro atoms. The second kappa shape index (κ2) is 13.1. The molecule has 0 amide bonds. The number of hydrogen-bond donors (Lipinski definition) is 2. The van der Waals surface area contributed by atoms with Gasteiger partial charge in [-0.25, -0.2) is 24.4 Å². The summed E-state index contributed by atoms with van der Waals surface area (Å²) < 4.78 is 114. The van der Waals surface area contributed by atoms with E-state index in [1.54, 1.807) is 5.10 Å². The third-order valence-corrected chi connectivity index (χ3v) is 5.90. The van der Waals surface area contributed by atoms with Crippen LogP contribution in [-0.2, 0) is 17.5 Å². The number of rotatable bonds is 12. The molecule has 1 aromatic carbocycles. The summed E-state index contributed by atoms with van der Waals surface area (Å²) in [5.74, 6) is -1.39. The van der Waals surface area contributed by atoms with Crippen molar-refractivity contribution in [2.45, 2.75) is 44.8 Å². The van der Waals surface area contributed by atoms with Gasteiger partial charge in [-0.2, -0.15) is 35.8 Å². The second-order valence-electron chi connectivity index (χ2n) is 8.77. The van der Waals surface area contributed by atoms with Gasteiger partial charge in [-0.1, -0.05) is 0 Å². The lowest BCUT2D eigenvalue weighted by Crippen LogP contribution is -2.32. The van der Waals surface area contributed by atoms with E-state index in [0.717, 1.165) is 29.4 Å². The molecular weight excluding hydrogens is 602 g/mol. The van der Waals surface area contributed by atoms with Crippen LogP contribution in [0.25, 0.3) is 22.2 Å². The van der Waals surface area contributed by atoms with Crippen molar-refractivity contribution >= 4 is 16.6 Å². The molecule has 0 aliphatic carbocycles. The van der Waals surface area contributed by atoms with Gasteiger partial charge in [0.05, 0.1) is 53.8 Å². The van der Waals surface area contributed by atoms with Crippen LogP contribution < -0.4 is 21.2 Å². The Morgan fingerprint density at radius 1 is 1.00 bits per heavy atom. The predicted octanol–water partition coefficient (Wildman–Crippen LogP) is 4.20. The Morgan fingerprint density at radius 3 is 2.42 bits per heavy atom. The van der Waals surface area contributed by atoms with Crippen LogP contribution in [0, 0.1) is 5.82 Å². The fourth-order valence-electron chi connectivity index (χ4n) is 4.05. The van der Waals surface area contributed by atoms with Crippen LogP contribution in [0.15, 0.2) is 46.6 Å². The Labute approximate surface area is 234 Å². The number of nitrogens with zero attached hydrogens (tertiary/aromatic N) is 5. The number of nitrogens with one attached hydrogen (secondary N) is 2. The summed E-state index contributed by atoms with van der Waals surface area (Å²) in [5.41, 5.74) is -4.72. The minimum atomic E-state index is -5.08. The summed E-state index contributed by atoms with van der Waals surface area (Å²) >= 11 is 0. The van der Waals surface area contributed by atoms with Gasteiger partial charge in [0.1, 0.15) is 11.4 Å². The minimum Gasteiger partial charge on any atom is -0.415 e. The van der Waals surface area contributed by atoms with Crippen LogP contribution in [0.3, 0.4) is 0 Å². The largest absolute Gasteiger partial charge is 0.423 e. The smallest absolute Gasteiger partial charge is 0.415 e. The molecule has 4 aromatic rings. The maximum Gasteiger partial charge on any atom is 0.423 e. The summed E-state index contributed by atoms with van der Waals surface area (Å²) in [5, 5.41) is 7.17. The van der Waals surface area contributed by atoms with Gasteiger partial charge in [-0.15, -0.1) is 0 Å². The first kappa shape index (κ1) is 31.3. The van der Waals surface area contributed by atoms with Crippen molar-refractivity contribution in [1.82, 2.24) is 29.7 Å². The number of aromatic amines is 1. The summed E-state index contributed by atoms with van der Waals surface area (Å²) in [4.78, 5) is 36.2. The number of benzene rings is 1. The van der Waals surface area contributed by atoms with Crippen LogP contribution in [0.2, 0.25) is 0 Å². The van der Waals surface area contributed by atoms with Gasteiger partial charge < -0.3 is 14.8 Å². The molecule has 1 atom stereocenters. The average Bonchev–Trinajstić information content (AvgIpc) is 2.92. The number of H-pyrrole nitrogens is 1. The zero-order valence-electron chi connectivity index (χ0n) is 21.4. The summed E-state index contributed by atoms with van der Waals surface area (Å²) in [6.07, 6.45) is -1.51. The highest BCUT2D eigenvalue weighted by molar-refractivity contribution is 5.83. The number of hydrogen-bond acceptors (Lipinski definition) is 9. The number of ether oxygens (including phenoxy) is 2. The van der Waals surface area contributed by atoms with E-state index in [4.69, 9.17) is 0 Å².